The van der Waals surface area contributed by atoms with Gasteiger partial charge in [-0.1, -0.05) is 6.07 Å². The van der Waals surface area contributed by atoms with E-state index < -0.39 is 5.97 Å². The van der Waals surface area contributed by atoms with Crippen molar-refractivity contribution in [2.45, 2.75) is 25.3 Å². The highest BCUT2D eigenvalue weighted by Crippen LogP contribution is 2.32. The summed E-state index contributed by atoms with van der Waals surface area (Å²) in [5.41, 5.74) is 0.311. The van der Waals surface area contributed by atoms with Crippen LogP contribution in [-0.4, -0.2) is 41.0 Å². The Morgan fingerprint density at radius 3 is 2.95 bits per heavy atom. The molecule has 3 rings (SSSR count). The molecule has 1 aliphatic carbocycles. The lowest BCUT2D eigenvalue weighted by molar-refractivity contribution is -0.128. The number of pyridine rings is 1. The smallest absolute Gasteiger partial charge is 0.356 e. The summed E-state index contributed by atoms with van der Waals surface area (Å²) >= 11 is 0. The maximum Gasteiger partial charge on any atom is 0.356 e. The van der Waals surface area contributed by atoms with Crippen LogP contribution in [-0.2, 0) is 9.53 Å². The van der Waals surface area contributed by atoms with E-state index in [1.54, 1.807) is 24.4 Å². The molecule has 1 amide bonds. The highest BCUT2D eigenvalue weighted by atomic mass is 16.5. The highest BCUT2D eigenvalue weighted by Gasteiger charge is 2.39. The first kappa shape index (κ1) is 12.1. The van der Waals surface area contributed by atoms with Crippen molar-refractivity contribution in [1.29, 1.82) is 0 Å². The summed E-state index contributed by atoms with van der Waals surface area (Å²) < 4.78 is 5.23. The van der Waals surface area contributed by atoms with Gasteiger partial charge in [-0.3, -0.25) is 4.79 Å². The van der Waals surface area contributed by atoms with Crippen LogP contribution in [0.25, 0.3) is 0 Å². The van der Waals surface area contributed by atoms with Crippen molar-refractivity contribution < 1.29 is 14.3 Å². The fraction of sp³-hybridized carbons (Fsp3) is 0.500. The number of likely N-dealkylation sites (tertiary alicyclic amines) is 1. The molecule has 0 bridgehead atoms. The van der Waals surface area contributed by atoms with Gasteiger partial charge in [0, 0.05) is 31.1 Å². The molecule has 0 aromatic carbocycles. The average Bonchev–Trinajstić information content (AvgIpc) is 3.21. The Morgan fingerprint density at radius 2 is 2.26 bits per heavy atom. The van der Waals surface area contributed by atoms with Gasteiger partial charge in [-0.25, -0.2) is 9.78 Å². The van der Waals surface area contributed by atoms with E-state index in [0.29, 0.717) is 24.8 Å². The normalized spacial score (nSPS) is 22.6. The largest absolute Gasteiger partial charge is 0.461 e. The van der Waals surface area contributed by atoms with Crippen LogP contribution in [0.4, 0.5) is 0 Å². The van der Waals surface area contributed by atoms with Crippen molar-refractivity contribution in [3.63, 3.8) is 0 Å². The first-order valence-electron chi connectivity index (χ1n) is 6.61. The molecule has 1 saturated carbocycles. The van der Waals surface area contributed by atoms with Crippen LogP contribution in [0.15, 0.2) is 24.4 Å². The van der Waals surface area contributed by atoms with Gasteiger partial charge in [-0.05, 0) is 25.0 Å². The fourth-order valence-corrected chi connectivity index (χ4v) is 2.41. The zero-order chi connectivity index (χ0) is 13.2. The molecule has 5 nitrogen and oxygen atoms in total. The SMILES string of the molecule is O=C(OC[C@H]1CC(=O)N(C2CC2)C1)c1ccccn1. The third kappa shape index (κ3) is 2.75. The Kier molecular flexibility index (Phi) is 3.19. The molecule has 1 aromatic heterocycles. The lowest BCUT2D eigenvalue weighted by atomic mass is 10.1. The summed E-state index contributed by atoms with van der Waals surface area (Å²) in [6.07, 6.45) is 4.29. The van der Waals surface area contributed by atoms with Gasteiger partial charge in [0.15, 0.2) is 0 Å². The Hall–Kier alpha value is -1.91. The quantitative estimate of drug-likeness (QED) is 0.764. The molecule has 100 valence electrons. The van der Waals surface area contributed by atoms with Gasteiger partial charge in [-0.2, -0.15) is 0 Å². The van der Waals surface area contributed by atoms with Gasteiger partial charge in [0.1, 0.15) is 5.69 Å². The van der Waals surface area contributed by atoms with Crippen LogP contribution in [0.5, 0.6) is 0 Å². The zero-order valence-electron chi connectivity index (χ0n) is 10.6. The number of esters is 1. The van der Waals surface area contributed by atoms with Crippen molar-refractivity contribution in [3.05, 3.63) is 30.1 Å². The second-order valence-electron chi connectivity index (χ2n) is 5.16. The molecule has 2 aliphatic rings. The number of amides is 1. The number of carbonyl (C=O) groups excluding carboxylic acids is 2. The summed E-state index contributed by atoms with van der Waals surface area (Å²) in [5.74, 6) is -0.0972. The number of hydrogen-bond donors (Lipinski definition) is 0. The molecule has 0 unspecified atom stereocenters. The zero-order valence-corrected chi connectivity index (χ0v) is 10.6. The van der Waals surface area contributed by atoms with E-state index in [4.69, 9.17) is 4.74 Å². The number of carbonyl (C=O) groups is 2. The Labute approximate surface area is 111 Å². The van der Waals surface area contributed by atoms with E-state index in [2.05, 4.69) is 4.98 Å². The summed E-state index contributed by atoms with van der Waals surface area (Å²) in [5, 5.41) is 0. The van der Waals surface area contributed by atoms with Crippen LogP contribution in [0, 0.1) is 5.92 Å². The monoisotopic (exact) mass is 260 g/mol. The first-order valence-corrected chi connectivity index (χ1v) is 6.61. The van der Waals surface area contributed by atoms with E-state index in [1.807, 2.05) is 4.90 Å². The van der Waals surface area contributed by atoms with Crippen molar-refractivity contribution in [1.82, 2.24) is 9.88 Å². The number of ether oxygens (including phenoxy) is 1. The molecule has 19 heavy (non-hydrogen) atoms. The third-order valence-corrected chi connectivity index (χ3v) is 3.55. The summed E-state index contributed by atoms with van der Waals surface area (Å²) in [7, 11) is 0. The number of nitrogens with zero attached hydrogens (tertiary/aromatic N) is 2. The van der Waals surface area contributed by atoms with Gasteiger partial charge in [0.05, 0.1) is 6.61 Å². The minimum Gasteiger partial charge on any atom is -0.461 e. The van der Waals surface area contributed by atoms with Crippen molar-refractivity contribution >= 4 is 11.9 Å². The minimum atomic E-state index is -0.419. The van der Waals surface area contributed by atoms with Crippen LogP contribution in [0.3, 0.4) is 0 Å². The summed E-state index contributed by atoms with van der Waals surface area (Å²) in [4.78, 5) is 29.4. The van der Waals surface area contributed by atoms with E-state index in [0.717, 1.165) is 19.4 Å². The van der Waals surface area contributed by atoms with Crippen molar-refractivity contribution in [2.24, 2.45) is 5.92 Å². The van der Waals surface area contributed by atoms with Gasteiger partial charge >= 0.3 is 5.97 Å². The standard InChI is InChI=1S/C14H16N2O3/c17-13-7-10(8-16(13)11-4-5-11)9-19-14(18)12-3-1-2-6-15-12/h1-3,6,10-11H,4-5,7-9H2/t10-/m0/s1. The Morgan fingerprint density at radius 1 is 1.42 bits per heavy atom. The summed E-state index contributed by atoms with van der Waals surface area (Å²) in [6.45, 7) is 1.02. The molecule has 2 heterocycles. The van der Waals surface area contributed by atoms with Gasteiger partial charge in [0.25, 0.3) is 0 Å². The highest BCUT2D eigenvalue weighted by molar-refractivity contribution is 5.87. The van der Waals surface area contributed by atoms with Gasteiger partial charge < -0.3 is 9.64 Å². The van der Waals surface area contributed by atoms with Crippen molar-refractivity contribution in [2.75, 3.05) is 13.2 Å². The first-order chi connectivity index (χ1) is 9.24. The molecule has 0 radical (unpaired) electrons. The third-order valence-electron chi connectivity index (χ3n) is 3.55. The molecule has 5 heteroatoms. The molecule has 1 aromatic rings. The molecule has 2 fully saturated rings. The lowest BCUT2D eigenvalue weighted by Crippen LogP contribution is -2.28. The summed E-state index contributed by atoms with van der Waals surface area (Å²) in [6, 6.07) is 5.57. The van der Waals surface area contributed by atoms with Crippen LogP contribution in [0.1, 0.15) is 29.8 Å². The minimum absolute atomic E-state index is 0.126. The van der Waals surface area contributed by atoms with Crippen LogP contribution < -0.4 is 0 Å². The molecule has 1 aliphatic heterocycles. The molecule has 1 atom stereocenters. The van der Waals surface area contributed by atoms with E-state index in [-0.39, 0.29) is 11.8 Å². The van der Waals surface area contributed by atoms with E-state index >= 15 is 0 Å². The topological polar surface area (TPSA) is 59.5 Å². The van der Waals surface area contributed by atoms with Gasteiger partial charge in [0.2, 0.25) is 5.91 Å². The lowest BCUT2D eigenvalue weighted by Gasteiger charge is -2.15. The van der Waals surface area contributed by atoms with E-state index in [1.165, 1.54) is 0 Å². The molecule has 0 N–H and O–H groups in total. The predicted molar refractivity (Wildman–Crippen MR) is 67.4 cm³/mol. The number of hydrogen-bond acceptors (Lipinski definition) is 4. The number of aromatic nitrogens is 1. The Balaban J connectivity index is 1.50. The maximum atomic E-state index is 11.8. The number of rotatable bonds is 4. The fourth-order valence-electron chi connectivity index (χ4n) is 2.41. The second-order valence-corrected chi connectivity index (χ2v) is 5.16. The van der Waals surface area contributed by atoms with Crippen LogP contribution >= 0.6 is 0 Å². The average molecular weight is 260 g/mol. The molecular weight excluding hydrogens is 244 g/mol. The molecule has 0 spiro atoms. The second kappa shape index (κ2) is 4.99. The molecular formula is C14H16N2O3. The predicted octanol–water partition coefficient (Wildman–Crippen LogP) is 1.25. The molecule has 1 saturated heterocycles. The van der Waals surface area contributed by atoms with Crippen LogP contribution in [0.2, 0.25) is 0 Å². The van der Waals surface area contributed by atoms with Crippen molar-refractivity contribution in [3.8, 4) is 0 Å². The Bertz CT molecular complexity index is 485. The van der Waals surface area contributed by atoms with E-state index in [9.17, 15) is 9.59 Å². The maximum absolute atomic E-state index is 11.8. The van der Waals surface area contributed by atoms with Gasteiger partial charge in [-0.15, -0.1) is 0 Å².